The van der Waals surface area contributed by atoms with Crippen molar-refractivity contribution in [3.63, 3.8) is 0 Å². The van der Waals surface area contributed by atoms with E-state index in [1.807, 2.05) is 17.7 Å². The lowest BCUT2D eigenvalue weighted by Gasteiger charge is -2.09. The molecule has 0 saturated carbocycles. The molecule has 3 heterocycles. The lowest BCUT2D eigenvalue weighted by molar-refractivity contribution is 0.816. The SMILES string of the molecule is CCCNc1nc(-n2ccnc2)nc(-n2ccnc2C)n1. The van der Waals surface area contributed by atoms with E-state index in [9.17, 15) is 0 Å². The molecule has 0 saturated heterocycles. The van der Waals surface area contributed by atoms with Gasteiger partial charge in [0.05, 0.1) is 0 Å². The molecule has 3 aromatic heterocycles. The Balaban J connectivity index is 2.07. The number of aryl methyl sites for hydroxylation is 1. The summed E-state index contributed by atoms with van der Waals surface area (Å²) >= 11 is 0. The number of aromatic nitrogens is 7. The van der Waals surface area contributed by atoms with E-state index in [4.69, 9.17) is 0 Å². The van der Waals surface area contributed by atoms with Gasteiger partial charge in [-0.05, 0) is 13.3 Å². The van der Waals surface area contributed by atoms with Gasteiger partial charge in [-0.15, -0.1) is 0 Å². The summed E-state index contributed by atoms with van der Waals surface area (Å²) < 4.78 is 3.56. The molecule has 0 bridgehead atoms. The molecule has 0 radical (unpaired) electrons. The number of imidazole rings is 2. The van der Waals surface area contributed by atoms with Crippen molar-refractivity contribution in [1.82, 2.24) is 34.1 Å². The minimum atomic E-state index is 0.518. The molecule has 1 N–H and O–H groups in total. The molecule has 0 spiro atoms. The predicted octanol–water partition coefficient (Wildman–Crippen LogP) is 1.37. The summed E-state index contributed by atoms with van der Waals surface area (Å²) in [7, 11) is 0. The van der Waals surface area contributed by atoms with Crippen molar-refractivity contribution in [3.05, 3.63) is 36.9 Å². The van der Waals surface area contributed by atoms with E-state index in [-0.39, 0.29) is 0 Å². The van der Waals surface area contributed by atoms with Crippen LogP contribution in [0.1, 0.15) is 19.2 Å². The maximum Gasteiger partial charge on any atom is 0.241 e. The van der Waals surface area contributed by atoms with E-state index in [1.54, 1.807) is 29.5 Å². The monoisotopic (exact) mass is 284 g/mol. The fourth-order valence-corrected chi connectivity index (χ4v) is 1.86. The van der Waals surface area contributed by atoms with Gasteiger partial charge in [0.1, 0.15) is 12.2 Å². The molecule has 0 fully saturated rings. The molecule has 0 aliphatic heterocycles. The van der Waals surface area contributed by atoms with Gasteiger partial charge in [0, 0.05) is 31.3 Å². The first kappa shape index (κ1) is 13.2. The minimum absolute atomic E-state index is 0.518. The highest BCUT2D eigenvalue weighted by Gasteiger charge is 2.10. The molecule has 0 aliphatic rings. The van der Waals surface area contributed by atoms with Crippen LogP contribution in [0.4, 0.5) is 5.95 Å². The fourth-order valence-electron chi connectivity index (χ4n) is 1.86. The molecule has 8 heteroatoms. The largest absolute Gasteiger partial charge is 0.354 e. The summed E-state index contributed by atoms with van der Waals surface area (Å²) in [6, 6.07) is 0. The topological polar surface area (TPSA) is 86.3 Å². The van der Waals surface area contributed by atoms with Crippen molar-refractivity contribution in [1.29, 1.82) is 0 Å². The Morgan fingerprint density at radius 3 is 2.62 bits per heavy atom. The van der Waals surface area contributed by atoms with E-state index < -0.39 is 0 Å². The molecule has 3 aromatic rings. The van der Waals surface area contributed by atoms with Crippen LogP contribution in [0.2, 0.25) is 0 Å². The van der Waals surface area contributed by atoms with Crippen LogP contribution in [0.15, 0.2) is 31.1 Å². The Bertz CT molecular complexity index is 716. The molecule has 0 atom stereocenters. The van der Waals surface area contributed by atoms with Crippen LogP contribution in [-0.2, 0) is 0 Å². The number of nitrogens with one attached hydrogen (secondary N) is 1. The zero-order valence-electron chi connectivity index (χ0n) is 11.9. The number of hydrogen-bond acceptors (Lipinski definition) is 6. The summed E-state index contributed by atoms with van der Waals surface area (Å²) in [5, 5.41) is 3.19. The first-order valence-corrected chi connectivity index (χ1v) is 6.76. The first-order valence-electron chi connectivity index (χ1n) is 6.76. The van der Waals surface area contributed by atoms with E-state index in [2.05, 4.69) is 37.2 Å². The van der Waals surface area contributed by atoms with Crippen LogP contribution in [-0.4, -0.2) is 40.6 Å². The van der Waals surface area contributed by atoms with Gasteiger partial charge in [0.15, 0.2) is 0 Å². The zero-order valence-corrected chi connectivity index (χ0v) is 11.9. The van der Waals surface area contributed by atoms with Crippen LogP contribution in [0.5, 0.6) is 0 Å². The first-order chi connectivity index (χ1) is 10.3. The van der Waals surface area contributed by atoms with Gasteiger partial charge < -0.3 is 5.32 Å². The smallest absolute Gasteiger partial charge is 0.241 e. The van der Waals surface area contributed by atoms with Gasteiger partial charge in [-0.2, -0.15) is 15.0 Å². The van der Waals surface area contributed by atoms with E-state index in [0.29, 0.717) is 17.8 Å². The van der Waals surface area contributed by atoms with Gasteiger partial charge in [0.2, 0.25) is 17.8 Å². The molecular weight excluding hydrogens is 268 g/mol. The molecule has 108 valence electrons. The quantitative estimate of drug-likeness (QED) is 0.761. The summed E-state index contributed by atoms with van der Waals surface area (Å²) in [6.07, 6.45) is 9.67. The number of hydrogen-bond donors (Lipinski definition) is 1. The van der Waals surface area contributed by atoms with Crippen molar-refractivity contribution >= 4 is 5.95 Å². The van der Waals surface area contributed by atoms with E-state index >= 15 is 0 Å². The molecule has 21 heavy (non-hydrogen) atoms. The predicted molar refractivity (Wildman–Crippen MR) is 77.6 cm³/mol. The second-order valence-corrected chi connectivity index (χ2v) is 4.50. The van der Waals surface area contributed by atoms with Crippen LogP contribution in [0.3, 0.4) is 0 Å². The minimum Gasteiger partial charge on any atom is -0.354 e. The maximum atomic E-state index is 4.47. The molecule has 0 aliphatic carbocycles. The molecule has 8 nitrogen and oxygen atoms in total. The van der Waals surface area contributed by atoms with Gasteiger partial charge in [-0.3, -0.25) is 9.13 Å². The average molecular weight is 284 g/mol. The van der Waals surface area contributed by atoms with Gasteiger partial charge >= 0.3 is 0 Å². The highest BCUT2D eigenvalue weighted by molar-refractivity contribution is 5.33. The summed E-state index contributed by atoms with van der Waals surface area (Å²) in [6.45, 7) is 4.79. The highest BCUT2D eigenvalue weighted by atomic mass is 15.3. The number of rotatable bonds is 5. The molecule has 0 unspecified atom stereocenters. The molecule has 3 rings (SSSR count). The molecule has 0 amide bonds. The standard InChI is InChI=1S/C13H16N8/c1-3-4-16-11-17-12(20-7-5-14-9-20)19-13(18-11)21-8-6-15-10(21)2/h5-9H,3-4H2,1-2H3,(H,16,17,18,19). The van der Waals surface area contributed by atoms with Crippen LogP contribution in [0, 0.1) is 6.92 Å². The van der Waals surface area contributed by atoms with Crippen LogP contribution >= 0.6 is 0 Å². The summed E-state index contributed by atoms with van der Waals surface area (Å²) in [5.74, 6) is 2.41. The second kappa shape index (κ2) is 5.70. The van der Waals surface area contributed by atoms with Crippen LogP contribution in [0.25, 0.3) is 11.9 Å². The Labute approximate surface area is 121 Å². The molecule has 0 aromatic carbocycles. The third-order valence-electron chi connectivity index (χ3n) is 2.92. The van der Waals surface area contributed by atoms with E-state index in [0.717, 1.165) is 18.8 Å². The summed E-state index contributed by atoms with van der Waals surface area (Å²) in [5.41, 5.74) is 0. The Morgan fingerprint density at radius 2 is 1.95 bits per heavy atom. The lowest BCUT2D eigenvalue weighted by Crippen LogP contribution is -2.13. The third kappa shape index (κ3) is 2.73. The van der Waals surface area contributed by atoms with Crippen LogP contribution < -0.4 is 5.32 Å². The number of anilines is 1. The fraction of sp³-hybridized carbons (Fsp3) is 0.308. The Hall–Kier alpha value is -2.77. The lowest BCUT2D eigenvalue weighted by atomic mass is 10.5. The van der Waals surface area contributed by atoms with Gasteiger partial charge in [-0.1, -0.05) is 6.92 Å². The second-order valence-electron chi connectivity index (χ2n) is 4.50. The Morgan fingerprint density at radius 1 is 1.10 bits per heavy atom. The van der Waals surface area contributed by atoms with Crippen molar-refractivity contribution in [3.8, 4) is 11.9 Å². The van der Waals surface area contributed by atoms with Crippen molar-refractivity contribution in [2.24, 2.45) is 0 Å². The van der Waals surface area contributed by atoms with Crippen molar-refractivity contribution < 1.29 is 0 Å². The Kier molecular flexibility index (Phi) is 3.59. The zero-order chi connectivity index (χ0) is 14.7. The average Bonchev–Trinajstić information content (AvgIpc) is 3.16. The highest BCUT2D eigenvalue weighted by Crippen LogP contribution is 2.11. The summed E-state index contributed by atoms with van der Waals surface area (Å²) in [4.78, 5) is 21.5. The van der Waals surface area contributed by atoms with E-state index in [1.165, 1.54) is 0 Å². The third-order valence-corrected chi connectivity index (χ3v) is 2.92. The maximum absolute atomic E-state index is 4.47. The normalized spacial score (nSPS) is 10.8. The van der Waals surface area contributed by atoms with Crippen molar-refractivity contribution in [2.75, 3.05) is 11.9 Å². The number of nitrogens with zero attached hydrogens (tertiary/aromatic N) is 7. The molecular formula is C13H16N8. The van der Waals surface area contributed by atoms with Crippen molar-refractivity contribution in [2.45, 2.75) is 20.3 Å². The van der Waals surface area contributed by atoms with Gasteiger partial charge in [0.25, 0.3) is 0 Å². The van der Waals surface area contributed by atoms with Gasteiger partial charge in [-0.25, -0.2) is 9.97 Å².